The summed E-state index contributed by atoms with van der Waals surface area (Å²) >= 11 is 0. The fourth-order valence-electron chi connectivity index (χ4n) is 2.85. The van der Waals surface area contributed by atoms with Crippen molar-refractivity contribution in [1.82, 2.24) is 4.90 Å². The smallest absolute Gasteiger partial charge is 0.0947 e. The highest BCUT2D eigenvalue weighted by molar-refractivity contribution is 5.04. The Hall–Kier alpha value is -0.800. The van der Waals surface area contributed by atoms with Crippen LogP contribution in [0.2, 0.25) is 0 Å². The number of nitrogens with two attached hydrogens (primary N) is 1. The first-order chi connectivity index (χ1) is 8.28. The van der Waals surface area contributed by atoms with Gasteiger partial charge in [0, 0.05) is 18.7 Å². The lowest BCUT2D eigenvalue weighted by Crippen LogP contribution is -2.29. The lowest BCUT2D eigenvalue weighted by molar-refractivity contribution is 0.201. The molecule has 1 aliphatic rings. The molecule has 1 aromatic heterocycles. The summed E-state index contributed by atoms with van der Waals surface area (Å²) < 4.78 is 5.09. The zero-order valence-corrected chi connectivity index (χ0v) is 10.8. The van der Waals surface area contributed by atoms with E-state index in [1.807, 2.05) is 12.3 Å². The van der Waals surface area contributed by atoms with E-state index in [1.165, 1.54) is 37.8 Å². The lowest BCUT2D eigenvalue weighted by Gasteiger charge is -2.30. The van der Waals surface area contributed by atoms with Crippen LogP contribution in [0.1, 0.15) is 31.2 Å². The third-order valence-electron chi connectivity index (χ3n) is 3.90. The van der Waals surface area contributed by atoms with Crippen LogP contribution in [-0.4, -0.2) is 25.0 Å². The summed E-state index contributed by atoms with van der Waals surface area (Å²) in [6.45, 7) is 3.06. The van der Waals surface area contributed by atoms with Crippen molar-refractivity contribution in [2.24, 2.45) is 17.6 Å². The van der Waals surface area contributed by atoms with Gasteiger partial charge in [-0.2, -0.15) is 0 Å². The Bertz CT molecular complexity index is 302. The van der Waals surface area contributed by atoms with Gasteiger partial charge in [0.2, 0.25) is 0 Å². The summed E-state index contributed by atoms with van der Waals surface area (Å²) in [5.41, 5.74) is 6.99. The van der Waals surface area contributed by atoms with E-state index in [0.717, 1.165) is 24.9 Å². The molecule has 0 radical (unpaired) electrons. The second-order valence-electron chi connectivity index (χ2n) is 5.45. The van der Waals surface area contributed by atoms with E-state index in [4.69, 9.17) is 10.2 Å². The number of nitrogens with zero attached hydrogens (tertiary/aromatic N) is 1. The number of hydrogen-bond acceptors (Lipinski definition) is 3. The highest BCUT2D eigenvalue weighted by Gasteiger charge is 2.21. The maximum atomic E-state index is 5.72. The first-order valence-electron chi connectivity index (χ1n) is 6.67. The normalized spacial score (nSPS) is 25.4. The van der Waals surface area contributed by atoms with Crippen LogP contribution in [-0.2, 0) is 6.54 Å². The van der Waals surface area contributed by atoms with Gasteiger partial charge in [0.25, 0.3) is 0 Å². The predicted molar refractivity (Wildman–Crippen MR) is 69.5 cm³/mol. The quantitative estimate of drug-likeness (QED) is 0.854. The average Bonchev–Trinajstić information content (AvgIpc) is 2.82. The van der Waals surface area contributed by atoms with Crippen LogP contribution in [0, 0.1) is 11.8 Å². The molecule has 17 heavy (non-hydrogen) atoms. The molecule has 1 aliphatic carbocycles. The number of hydrogen-bond donors (Lipinski definition) is 1. The van der Waals surface area contributed by atoms with Crippen LogP contribution in [0.4, 0.5) is 0 Å². The molecule has 3 nitrogen and oxygen atoms in total. The van der Waals surface area contributed by atoms with Crippen LogP contribution in [0.15, 0.2) is 23.0 Å². The van der Waals surface area contributed by atoms with E-state index in [2.05, 4.69) is 11.9 Å². The maximum absolute atomic E-state index is 5.72. The van der Waals surface area contributed by atoms with Gasteiger partial charge in [0.1, 0.15) is 0 Å². The molecular weight excluding hydrogens is 212 g/mol. The van der Waals surface area contributed by atoms with Gasteiger partial charge in [0.15, 0.2) is 0 Å². The summed E-state index contributed by atoms with van der Waals surface area (Å²) in [7, 11) is 2.20. The first kappa shape index (κ1) is 12.7. The van der Waals surface area contributed by atoms with Crippen molar-refractivity contribution in [3.05, 3.63) is 24.2 Å². The standard InChI is InChI=1S/C14H24N2O/c1-16(10-14-6-7-17-11-14)9-13-4-2-12(8-15)3-5-13/h6-7,11-13H,2-5,8-10,15H2,1H3. The molecule has 0 unspecified atom stereocenters. The summed E-state index contributed by atoms with van der Waals surface area (Å²) in [4.78, 5) is 2.40. The van der Waals surface area contributed by atoms with Crippen molar-refractivity contribution >= 4 is 0 Å². The lowest BCUT2D eigenvalue weighted by atomic mass is 9.82. The minimum Gasteiger partial charge on any atom is -0.472 e. The molecule has 2 rings (SSSR count). The molecule has 0 amide bonds. The van der Waals surface area contributed by atoms with E-state index in [9.17, 15) is 0 Å². The van der Waals surface area contributed by atoms with E-state index < -0.39 is 0 Å². The molecule has 1 fully saturated rings. The molecule has 0 bridgehead atoms. The fraction of sp³-hybridized carbons (Fsp3) is 0.714. The van der Waals surface area contributed by atoms with E-state index in [1.54, 1.807) is 6.26 Å². The van der Waals surface area contributed by atoms with Gasteiger partial charge < -0.3 is 15.1 Å². The molecule has 0 spiro atoms. The van der Waals surface area contributed by atoms with Crippen molar-refractivity contribution in [3.63, 3.8) is 0 Å². The van der Waals surface area contributed by atoms with E-state index in [-0.39, 0.29) is 0 Å². The Morgan fingerprint density at radius 3 is 2.59 bits per heavy atom. The second-order valence-corrected chi connectivity index (χ2v) is 5.45. The zero-order chi connectivity index (χ0) is 12.1. The molecule has 1 aromatic rings. The van der Waals surface area contributed by atoms with Crippen molar-refractivity contribution < 1.29 is 4.42 Å². The van der Waals surface area contributed by atoms with Crippen molar-refractivity contribution in [2.75, 3.05) is 20.1 Å². The molecule has 1 heterocycles. The fourth-order valence-corrected chi connectivity index (χ4v) is 2.85. The zero-order valence-electron chi connectivity index (χ0n) is 10.8. The molecule has 1 saturated carbocycles. The molecule has 2 N–H and O–H groups in total. The van der Waals surface area contributed by atoms with Crippen LogP contribution in [0.3, 0.4) is 0 Å². The van der Waals surface area contributed by atoms with E-state index >= 15 is 0 Å². The monoisotopic (exact) mass is 236 g/mol. The SMILES string of the molecule is CN(Cc1ccoc1)CC1CCC(CN)CC1. The molecule has 0 saturated heterocycles. The average molecular weight is 236 g/mol. The van der Waals surface area contributed by atoms with Gasteiger partial charge in [-0.05, 0) is 57.2 Å². The minimum atomic E-state index is 0.783. The molecule has 0 aromatic carbocycles. The van der Waals surface area contributed by atoms with Gasteiger partial charge in [0.05, 0.1) is 12.5 Å². The number of rotatable bonds is 5. The van der Waals surface area contributed by atoms with Crippen molar-refractivity contribution in [1.29, 1.82) is 0 Å². The third-order valence-corrected chi connectivity index (χ3v) is 3.90. The molecule has 0 atom stereocenters. The Morgan fingerprint density at radius 1 is 1.29 bits per heavy atom. The van der Waals surface area contributed by atoms with Gasteiger partial charge in [-0.3, -0.25) is 0 Å². The van der Waals surface area contributed by atoms with Crippen LogP contribution < -0.4 is 5.73 Å². The van der Waals surface area contributed by atoms with Crippen LogP contribution >= 0.6 is 0 Å². The summed E-state index contributed by atoms with van der Waals surface area (Å²) in [6, 6.07) is 2.04. The van der Waals surface area contributed by atoms with E-state index in [0.29, 0.717) is 0 Å². The predicted octanol–water partition coefficient (Wildman–Crippen LogP) is 2.48. The summed E-state index contributed by atoms with van der Waals surface area (Å²) in [5.74, 6) is 1.64. The summed E-state index contributed by atoms with van der Waals surface area (Å²) in [5, 5.41) is 0. The Kier molecular flexibility index (Phi) is 4.63. The minimum absolute atomic E-state index is 0.783. The Labute approximate surface area is 104 Å². The molecule has 96 valence electrons. The topological polar surface area (TPSA) is 42.4 Å². The largest absolute Gasteiger partial charge is 0.472 e. The van der Waals surface area contributed by atoms with Gasteiger partial charge in [-0.1, -0.05) is 0 Å². The molecule has 0 aliphatic heterocycles. The van der Waals surface area contributed by atoms with Gasteiger partial charge >= 0.3 is 0 Å². The summed E-state index contributed by atoms with van der Waals surface area (Å²) in [6.07, 6.45) is 8.91. The van der Waals surface area contributed by atoms with Gasteiger partial charge in [-0.25, -0.2) is 0 Å². The first-order valence-corrected chi connectivity index (χ1v) is 6.67. The van der Waals surface area contributed by atoms with Crippen molar-refractivity contribution in [3.8, 4) is 0 Å². The third kappa shape index (κ3) is 3.86. The highest BCUT2D eigenvalue weighted by atomic mass is 16.3. The van der Waals surface area contributed by atoms with Gasteiger partial charge in [-0.15, -0.1) is 0 Å². The second kappa shape index (κ2) is 6.22. The van der Waals surface area contributed by atoms with Crippen LogP contribution in [0.5, 0.6) is 0 Å². The number of furan rings is 1. The van der Waals surface area contributed by atoms with Crippen molar-refractivity contribution in [2.45, 2.75) is 32.2 Å². The maximum Gasteiger partial charge on any atom is 0.0947 e. The highest BCUT2D eigenvalue weighted by Crippen LogP contribution is 2.28. The molecular formula is C14H24N2O. The Balaban J connectivity index is 1.70. The molecule has 3 heteroatoms. The Morgan fingerprint density at radius 2 is 2.00 bits per heavy atom. The van der Waals surface area contributed by atoms with Crippen LogP contribution in [0.25, 0.3) is 0 Å².